The number of amides is 2. The van der Waals surface area contributed by atoms with Gasteiger partial charge in [0, 0.05) is 38.0 Å². The average Bonchev–Trinajstić information content (AvgIpc) is 2.83. The van der Waals surface area contributed by atoms with Gasteiger partial charge in [-0.05, 0) is 12.0 Å². The number of urea groups is 1. The lowest BCUT2D eigenvalue weighted by Crippen LogP contribution is -2.40. The zero-order valence-corrected chi connectivity index (χ0v) is 18.0. The van der Waals surface area contributed by atoms with Crippen LogP contribution in [0.25, 0.3) is 0 Å². The Morgan fingerprint density at radius 3 is 2.42 bits per heavy atom. The van der Waals surface area contributed by atoms with Crippen molar-refractivity contribution in [3.63, 3.8) is 0 Å². The molecule has 0 unspecified atom stereocenters. The number of aromatic nitrogens is 2. The molecular weight excluding hydrogens is 402 g/mol. The van der Waals surface area contributed by atoms with E-state index in [9.17, 15) is 4.79 Å². The number of morpholine rings is 1. The van der Waals surface area contributed by atoms with E-state index in [1.165, 1.54) is 21.3 Å². The summed E-state index contributed by atoms with van der Waals surface area (Å²) in [5.41, 5.74) is 2.51. The van der Waals surface area contributed by atoms with E-state index >= 15 is 0 Å². The highest BCUT2D eigenvalue weighted by Crippen LogP contribution is 2.40. The highest BCUT2D eigenvalue weighted by atomic mass is 16.5. The van der Waals surface area contributed by atoms with Gasteiger partial charge in [-0.2, -0.15) is 0 Å². The molecule has 1 aromatic carbocycles. The largest absolute Gasteiger partial charge is 0.493 e. The summed E-state index contributed by atoms with van der Waals surface area (Å²) in [5, 5.41) is 2.92. The molecule has 2 aliphatic heterocycles. The van der Waals surface area contributed by atoms with Crippen molar-refractivity contribution in [1.29, 1.82) is 0 Å². The molecule has 2 aliphatic rings. The summed E-state index contributed by atoms with van der Waals surface area (Å²) in [7, 11) is 4.61. The number of benzene rings is 1. The fraction of sp³-hybridized carbons (Fsp3) is 0.476. The van der Waals surface area contributed by atoms with E-state index in [4.69, 9.17) is 23.9 Å². The number of ether oxygens (including phenoxy) is 4. The standard InChI is InChI=1S/C21H27N5O5/c1-28-17-10-15(11-18(29-2)19(17)30-3)23-21(27)26-5-4-14-12-22-20(24-16(14)13-26)25-6-8-31-9-7-25/h10-12H,4-9,13H2,1-3H3,(H,23,27). The number of nitrogens with zero attached hydrogens (tertiary/aromatic N) is 4. The molecule has 1 aromatic heterocycles. The van der Waals surface area contributed by atoms with Crippen LogP contribution in [0.2, 0.25) is 0 Å². The first kappa shape index (κ1) is 21.0. The van der Waals surface area contributed by atoms with Crippen LogP contribution >= 0.6 is 0 Å². The molecule has 31 heavy (non-hydrogen) atoms. The van der Waals surface area contributed by atoms with Crippen LogP contribution in [-0.4, -0.2) is 75.1 Å². The first-order valence-electron chi connectivity index (χ1n) is 10.2. The number of methoxy groups -OCH3 is 3. The van der Waals surface area contributed by atoms with Gasteiger partial charge in [-0.15, -0.1) is 0 Å². The summed E-state index contributed by atoms with van der Waals surface area (Å²) in [6.45, 7) is 3.89. The highest BCUT2D eigenvalue weighted by molar-refractivity contribution is 5.90. The van der Waals surface area contributed by atoms with Crippen molar-refractivity contribution in [3.05, 3.63) is 29.6 Å². The molecule has 1 saturated heterocycles. The number of rotatable bonds is 5. The van der Waals surface area contributed by atoms with Crippen LogP contribution in [0.3, 0.4) is 0 Å². The maximum absolute atomic E-state index is 12.9. The fourth-order valence-electron chi connectivity index (χ4n) is 3.74. The molecule has 0 atom stereocenters. The molecule has 4 rings (SSSR count). The van der Waals surface area contributed by atoms with Crippen LogP contribution in [0.15, 0.2) is 18.3 Å². The number of carbonyl (C=O) groups is 1. The lowest BCUT2D eigenvalue weighted by molar-refractivity contribution is 0.122. The second kappa shape index (κ2) is 9.25. The van der Waals surface area contributed by atoms with Gasteiger partial charge >= 0.3 is 6.03 Å². The predicted molar refractivity (Wildman–Crippen MR) is 114 cm³/mol. The zero-order valence-electron chi connectivity index (χ0n) is 18.0. The van der Waals surface area contributed by atoms with Crippen molar-refractivity contribution in [2.24, 2.45) is 0 Å². The second-order valence-electron chi connectivity index (χ2n) is 7.26. The Labute approximate surface area is 181 Å². The van der Waals surface area contributed by atoms with Crippen LogP contribution in [0.5, 0.6) is 17.2 Å². The Morgan fingerprint density at radius 1 is 1.06 bits per heavy atom. The van der Waals surface area contributed by atoms with Crippen LogP contribution < -0.4 is 24.4 Å². The minimum atomic E-state index is -0.216. The Bertz CT molecular complexity index is 923. The minimum absolute atomic E-state index is 0.216. The van der Waals surface area contributed by atoms with Crippen molar-refractivity contribution in [2.75, 3.05) is 64.4 Å². The molecule has 10 nitrogen and oxygen atoms in total. The van der Waals surface area contributed by atoms with Crippen LogP contribution in [-0.2, 0) is 17.7 Å². The Morgan fingerprint density at radius 2 is 1.77 bits per heavy atom. The first-order chi connectivity index (χ1) is 15.1. The van der Waals surface area contributed by atoms with Crippen molar-refractivity contribution in [1.82, 2.24) is 14.9 Å². The van der Waals surface area contributed by atoms with Gasteiger partial charge in [0.2, 0.25) is 11.7 Å². The van der Waals surface area contributed by atoms with E-state index in [0.29, 0.717) is 61.6 Å². The van der Waals surface area contributed by atoms with E-state index < -0.39 is 0 Å². The quantitative estimate of drug-likeness (QED) is 0.770. The van der Waals surface area contributed by atoms with E-state index in [-0.39, 0.29) is 6.03 Å². The topological polar surface area (TPSA) is 98.3 Å². The summed E-state index contributed by atoms with van der Waals surface area (Å²) in [6.07, 6.45) is 2.59. The SMILES string of the molecule is COc1cc(NC(=O)N2CCc3cnc(N4CCOCC4)nc3C2)cc(OC)c1OC. The molecule has 1 N–H and O–H groups in total. The molecule has 2 amide bonds. The summed E-state index contributed by atoms with van der Waals surface area (Å²) in [5.74, 6) is 2.12. The van der Waals surface area contributed by atoms with Gasteiger partial charge in [-0.1, -0.05) is 0 Å². The molecule has 3 heterocycles. The normalized spacial score (nSPS) is 15.8. The molecule has 1 fully saturated rings. The van der Waals surface area contributed by atoms with Gasteiger partial charge in [0.25, 0.3) is 0 Å². The van der Waals surface area contributed by atoms with Crippen molar-refractivity contribution in [2.45, 2.75) is 13.0 Å². The Hall–Kier alpha value is -3.27. The maximum atomic E-state index is 12.9. The minimum Gasteiger partial charge on any atom is -0.493 e. The number of fused-ring (bicyclic) bond motifs is 1. The summed E-state index contributed by atoms with van der Waals surface area (Å²) >= 11 is 0. The number of nitrogens with one attached hydrogen (secondary N) is 1. The lowest BCUT2D eigenvalue weighted by atomic mass is 10.1. The third-order valence-electron chi connectivity index (χ3n) is 5.43. The Balaban J connectivity index is 1.48. The molecule has 166 valence electrons. The number of hydrogen-bond acceptors (Lipinski definition) is 8. The summed E-state index contributed by atoms with van der Waals surface area (Å²) in [6, 6.07) is 3.19. The first-order valence-corrected chi connectivity index (χ1v) is 10.2. The monoisotopic (exact) mass is 429 g/mol. The van der Waals surface area contributed by atoms with Crippen LogP contribution in [0.1, 0.15) is 11.3 Å². The fourth-order valence-corrected chi connectivity index (χ4v) is 3.74. The van der Waals surface area contributed by atoms with Crippen LogP contribution in [0, 0.1) is 0 Å². The summed E-state index contributed by atoms with van der Waals surface area (Å²) in [4.78, 5) is 26.0. The molecule has 0 bridgehead atoms. The maximum Gasteiger partial charge on any atom is 0.322 e. The van der Waals surface area contributed by atoms with Crippen molar-refractivity contribution < 1.29 is 23.7 Å². The molecule has 10 heteroatoms. The molecule has 0 saturated carbocycles. The number of anilines is 2. The second-order valence-corrected chi connectivity index (χ2v) is 7.26. The van der Waals surface area contributed by atoms with E-state index in [1.807, 2.05) is 6.20 Å². The number of hydrogen-bond donors (Lipinski definition) is 1. The van der Waals surface area contributed by atoms with E-state index in [1.54, 1.807) is 17.0 Å². The van der Waals surface area contributed by atoms with Gasteiger partial charge in [0.05, 0.1) is 52.5 Å². The van der Waals surface area contributed by atoms with Crippen LogP contribution in [0.4, 0.5) is 16.4 Å². The molecule has 0 aliphatic carbocycles. The van der Waals surface area contributed by atoms with E-state index in [0.717, 1.165) is 24.3 Å². The van der Waals surface area contributed by atoms with Gasteiger partial charge in [0.1, 0.15) is 0 Å². The predicted octanol–water partition coefficient (Wildman–Crippen LogP) is 1.93. The molecular formula is C21H27N5O5. The number of carbonyl (C=O) groups excluding carboxylic acids is 1. The van der Waals surface area contributed by atoms with Gasteiger partial charge in [-0.3, -0.25) is 0 Å². The van der Waals surface area contributed by atoms with Crippen molar-refractivity contribution >= 4 is 17.7 Å². The third-order valence-corrected chi connectivity index (χ3v) is 5.43. The Kier molecular flexibility index (Phi) is 6.26. The van der Waals surface area contributed by atoms with Gasteiger partial charge in [-0.25, -0.2) is 14.8 Å². The summed E-state index contributed by atoms with van der Waals surface area (Å²) < 4.78 is 21.5. The smallest absolute Gasteiger partial charge is 0.322 e. The molecule has 0 spiro atoms. The lowest BCUT2D eigenvalue weighted by Gasteiger charge is -2.30. The van der Waals surface area contributed by atoms with Gasteiger partial charge < -0.3 is 34.1 Å². The van der Waals surface area contributed by atoms with Gasteiger partial charge in [0.15, 0.2) is 11.5 Å². The highest BCUT2D eigenvalue weighted by Gasteiger charge is 2.25. The van der Waals surface area contributed by atoms with Crippen molar-refractivity contribution in [3.8, 4) is 17.2 Å². The molecule has 0 radical (unpaired) electrons. The third kappa shape index (κ3) is 4.43. The van der Waals surface area contributed by atoms with E-state index in [2.05, 4.69) is 15.2 Å². The molecule has 2 aromatic rings. The average molecular weight is 429 g/mol. The zero-order chi connectivity index (χ0) is 21.8.